The van der Waals surface area contributed by atoms with Crippen LogP contribution in [-0.4, -0.2) is 22.5 Å². The van der Waals surface area contributed by atoms with Crippen molar-refractivity contribution >= 4 is 22.5 Å². The lowest BCUT2D eigenvalue weighted by Crippen LogP contribution is -1.93. The van der Waals surface area contributed by atoms with Crippen LogP contribution < -0.4 is 0 Å². The molecular weight excluding hydrogens is 63.4 g/mol. The molecule has 0 aromatic heterocycles. The molecule has 0 nitrogen and oxygen atoms in total. The Bertz CT molecular complexity index is 14.4. The van der Waals surface area contributed by atoms with Gasteiger partial charge in [-0.2, -0.15) is 0 Å². The molecule has 0 aromatic carbocycles. The first-order valence-corrected chi connectivity index (χ1v) is 1.37. The Balaban J connectivity index is 2.19. The van der Waals surface area contributed by atoms with Crippen molar-refractivity contribution in [2.45, 2.75) is 6.22 Å². The molecule has 0 rings (SSSR count). The Labute approximate surface area is 34.1 Å². The lowest BCUT2D eigenvalue weighted by molar-refractivity contribution is 0.892. The van der Waals surface area contributed by atoms with Crippen LogP contribution in [0, 0.1) is 0 Å². The molecule has 0 aliphatic rings. The first kappa shape index (κ1) is 5.12. The topological polar surface area (TPSA) is 0 Å². The van der Waals surface area contributed by atoms with Crippen LogP contribution in [0.25, 0.3) is 0 Å². The number of hydrogen-bond acceptors (Lipinski definition) is 0. The third-order valence-electron chi connectivity index (χ3n) is 0.225. The Morgan fingerprint density at radius 1 is 1.80 bits per heavy atom. The van der Waals surface area contributed by atoms with Crippen LogP contribution in [0.15, 0.2) is 0 Å². The zero-order chi connectivity index (χ0) is 4.12. The molecule has 22 valence electrons. The summed E-state index contributed by atoms with van der Waals surface area (Å²) in [6.07, 6.45) is 0.288. The molecule has 0 aromatic rings. The molecule has 0 amide bonds. The van der Waals surface area contributed by atoms with Gasteiger partial charge in [0.25, 0.3) is 7.45 Å². The van der Waals surface area contributed by atoms with E-state index in [1.165, 1.54) is 7.17 Å². The molecule has 0 spiro atoms. The van der Waals surface area contributed by atoms with Gasteiger partial charge in [-0.3, -0.25) is 0 Å². The van der Waals surface area contributed by atoms with E-state index in [2.05, 4.69) is 0 Å². The minimum Gasteiger partial charge on any atom is -0.355 e. The normalized spacial score (nSPS) is 6.60. The lowest BCUT2D eigenvalue weighted by Gasteiger charge is -1.69. The van der Waals surface area contributed by atoms with Crippen LogP contribution in [-0.2, 0) is 0 Å². The summed E-state index contributed by atoms with van der Waals surface area (Å²) < 4.78 is 10.7. The van der Waals surface area contributed by atoms with Crippen molar-refractivity contribution in [2.75, 3.05) is 0 Å². The summed E-state index contributed by atoms with van der Waals surface area (Å²) in [6.45, 7) is 0. The SMILES string of the molecule is [B]C[B][B]F. The molecule has 0 atom stereocenters. The molecule has 0 saturated carbocycles. The van der Waals surface area contributed by atoms with E-state index in [1.807, 2.05) is 0 Å². The summed E-state index contributed by atoms with van der Waals surface area (Å²) in [7, 11) is 6.48. The van der Waals surface area contributed by atoms with E-state index in [0.717, 1.165) is 0 Å². The van der Waals surface area contributed by atoms with Gasteiger partial charge in [0.1, 0.15) is 7.17 Å². The average Bonchev–Trinajstić information content (AvgIpc) is 1.41. The maximum Gasteiger partial charge on any atom is 0.300 e. The zero-order valence-electron chi connectivity index (χ0n) is 2.82. The molecule has 0 bridgehead atoms. The van der Waals surface area contributed by atoms with Gasteiger partial charge in [0.15, 0.2) is 0 Å². The van der Waals surface area contributed by atoms with E-state index >= 15 is 0 Å². The van der Waals surface area contributed by atoms with Gasteiger partial charge in [0, 0.05) is 0 Å². The first-order valence-electron chi connectivity index (χ1n) is 1.37. The molecular formula is CH2B3F. The van der Waals surface area contributed by atoms with Gasteiger partial charge in [-0.25, -0.2) is 0 Å². The lowest BCUT2D eigenvalue weighted by atomic mass is 9.46. The van der Waals surface area contributed by atoms with Crippen molar-refractivity contribution in [3.63, 3.8) is 0 Å². The minimum absolute atomic E-state index is 0.288. The number of hydrogen-bond donors (Lipinski definition) is 0. The predicted octanol–water partition coefficient (Wildman–Crippen LogP) is -0.261. The molecule has 0 N–H and O–H groups in total. The first-order chi connectivity index (χ1) is 2.41. The third kappa shape index (κ3) is 4.12. The molecule has 5 heavy (non-hydrogen) atoms. The van der Waals surface area contributed by atoms with Crippen molar-refractivity contribution in [1.82, 2.24) is 0 Å². The fourth-order valence-corrected chi connectivity index (χ4v) is 0.0514. The van der Waals surface area contributed by atoms with Crippen LogP contribution in [0.1, 0.15) is 0 Å². The summed E-state index contributed by atoms with van der Waals surface area (Å²) in [5.74, 6) is 0. The van der Waals surface area contributed by atoms with Gasteiger partial charge < -0.3 is 4.32 Å². The predicted molar refractivity (Wildman–Crippen MR) is 23.2 cm³/mol. The van der Waals surface area contributed by atoms with Crippen LogP contribution in [0.2, 0.25) is 6.22 Å². The van der Waals surface area contributed by atoms with Crippen LogP contribution in [0.5, 0.6) is 0 Å². The van der Waals surface area contributed by atoms with Crippen molar-refractivity contribution in [3.05, 3.63) is 0 Å². The van der Waals surface area contributed by atoms with E-state index < -0.39 is 0 Å². The van der Waals surface area contributed by atoms with Gasteiger partial charge >= 0.3 is 0 Å². The van der Waals surface area contributed by atoms with E-state index in [0.29, 0.717) is 7.45 Å². The molecule has 0 unspecified atom stereocenters. The smallest absolute Gasteiger partial charge is 0.300 e. The molecule has 4 heteroatoms. The highest BCUT2D eigenvalue weighted by molar-refractivity contribution is 6.99. The fourth-order valence-electron chi connectivity index (χ4n) is 0.0514. The summed E-state index contributed by atoms with van der Waals surface area (Å²) in [4.78, 5) is 0. The minimum atomic E-state index is 0.288. The standard InChI is InChI=1S/CH2B3F/c2-1-3-4-5/h1H2. The highest BCUT2D eigenvalue weighted by Crippen LogP contribution is 1.61. The van der Waals surface area contributed by atoms with Gasteiger partial charge in [0.2, 0.25) is 0 Å². The van der Waals surface area contributed by atoms with E-state index in [-0.39, 0.29) is 6.22 Å². The van der Waals surface area contributed by atoms with Crippen LogP contribution in [0.3, 0.4) is 0 Å². The van der Waals surface area contributed by atoms with E-state index in [4.69, 9.17) is 7.85 Å². The van der Waals surface area contributed by atoms with E-state index in [1.54, 1.807) is 0 Å². The number of halogens is 1. The van der Waals surface area contributed by atoms with Gasteiger partial charge in [-0.15, -0.1) is 6.22 Å². The molecule has 4 radical (unpaired) electrons. The second-order valence-corrected chi connectivity index (χ2v) is 0.597. The van der Waals surface area contributed by atoms with Gasteiger partial charge in [-0.1, -0.05) is 0 Å². The summed E-state index contributed by atoms with van der Waals surface area (Å²) in [5, 5.41) is 0. The second-order valence-electron chi connectivity index (χ2n) is 0.597. The average molecular weight is 65.5 g/mol. The van der Waals surface area contributed by atoms with Gasteiger partial charge in [0.05, 0.1) is 7.85 Å². The Hall–Kier alpha value is 0.125. The molecule has 0 aliphatic carbocycles. The Kier molecular flexibility index (Phi) is 4.23. The van der Waals surface area contributed by atoms with E-state index in [9.17, 15) is 4.32 Å². The fraction of sp³-hybridized carbons (Fsp3) is 1.00. The Morgan fingerprint density at radius 2 is 2.40 bits per heavy atom. The van der Waals surface area contributed by atoms with Crippen molar-refractivity contribution in [3.8, 4) is 0 Å². The molecule has 0 fully saturated rings. The van der Waals surface area contributed by atoms with Crippen molar-refractivity contribution < 1.29 is 4.32 Å². The maximum absolute atomic E-state index is 10.7. The van der Waals surface area contributed by atoms with Crippen molar-refractivity contribution in [1.29, 1.82) is 0 Å². The third-order valence-corrected chi connectivity index (χ3v) is 0.225. The summed E-state index contributed by atoms with van der Waals surface area (Å²) in [6, 6.07) is 0. The molecule has 0 saturated heterocycles. The van der Waals surface area contributed by atoms with Crippen LogP contribution >= 0.6 is 0 Å². The highest BCUT2D eigenvalue weighted by atomic mass is 19.1. The zero-order valence-corrected chi connectivity index (χ0v) is 2.82. The molecule has 0 heterocycles. The Morgan fingerprint density at radius 3 is 2.40 bits per heavy atom. The quantitative estimate of drug-likeness (QED) is 0.389. The summed E-state index contributed by atoms with van der Waals surface area (Å²) in [5.41, 5.74) is 0. The monoisotopic (exact) mass is 66.0 g/mol. The maximum atomic E-state index is 10.7. The largest absolute Gasteiger partial charge is 0.355 e. The van der Waals surface area contributed by atoms with Crippen LogP contribution in [0.4, 0.5) is 4.32 Å². The highest BCUT2D eigenvalue weighted by Gasteiger charge is 1.81. The summed E-state index contributed by atoms with van der Waals surface area (Å²) >= 11 is 0. The second kappa shape index (κ2) is 4.12. The number of rotatable bonds is 2. The van der Waals surface area contributed by atoms with Crippen molar-refractivity contribution in [2.24, 2.45) is 0 Å². The molecule has 0 aliphatic heterocycles. The van der Waals surface area contributed by atoms with Gasteiger partial charge in [-0.05, 0) is 0 Å².